The molecule has 0 radical (unpaired) electrons. The Kier molecular flexibility index (Phi) is 5.49. The summed E-state index contributed by atoms with van der Waals surface area (Å²) >= 11 is 0. The van der Waals surface area contributed by atoms with Crippen molar-refractivity contribution in [2.24, 2.45) is 5.41 Å². The van der Waals surface area contributed by atoms with Crippen molar-refractivity contribution in [3.63, 3.8) is 0 Å². The Labute approximate surface area is 175 Å². The standard InChI is InChI=1S/C23H26N4O3/c1-4-5-20(28)19-6-14(2)17(11-25-19)18-7-15-10-26-21(8-16(15)9-24-18)27-22(29)23(3)12-30-13-23/h6-11,20,28H,4-5,12-13H2,1-3H3,(H,26,27,29). The lowest BCUT2D eigenvalue weighted by molar-refractivity contribution is -0.151. The first-order valence-electron chi connectivity index (χ1n) is 10.2. The van der Waals surface area contributed by atoms with E-state index < -0.39 is 11.5 Å². The predicted octanol–water partition coefficient (Wildman–Crippen LogP) is 3.81. The van der Waals surface area contributed by atoms with E-state index in [1.165, 1.54) is 0 Å². The van der Waals surface area contributed by atoms with Crippen molar-refractivity contribution < 1.29 is 14.6 Å². The van der Waals surface area contributed by atoms with E-state index in [0.29, 0.717) is 31.1 Å². The maximum atomic E-state index is 12.4. The number of aliphatic hydroxyl groups excluding tert-OH is 1. The number of rotatable bonds is 6. The molecule has 4 rings (SSSR count). The number of aryl methyl sites for hydroxylation is 1. The number of carbonyl (C=O) groups is 1. The van der Waals surface area contributed by atoms with E-state index in [2.05, 4.69) is 20.3 Å². The van der Waals surface area contributed by atoms with Gasteiger partial charge in [0.2, 0.25) is 5.91 Å². The maximum absolute atomic E-state index is 12.4. The maximum Gasteiger partial charge on any atom is 0.236 e. The second-order valence-electron chi connectivity index (χ2n) is 8.22. The number of pyridine rings is 3. The van der Waals surface area contributed by atoms with Crippen molar-refractivity contribution in [1.29, 1.82) is 0 Å². The third-order valence-electron chi connectivity index (χ3n) is 5.55. The van der Waals surface area contributed by atoms with Gasteiger partial charge in [0.25, 0.3) is 0 Å². The summed E-state index contributed by atoms with van der Waals surface area (Å²) in [6, 6.07) is 5.70. The molecule has 0 spiro atoms. The van der Waals surface area contributed by atoms with Crippen LogP contribution < -0.4 is 5.32 Å². The van der Waals surface area contributed by atoms with Crippen LogP contribution in [0, 0.1) is 12.3 Å². The fourth-order valence-corrected chi connectivity index (χ4v) is 3.51. The van der Waals surface area contributed by atoms with Crippen LogP contribution in [-0.4, -0.2) is 39.2 Å². The van der Waals surface area contributed by atoms with E-state index in [9.17, 15) is 9.90 Å². The molecule has 1 aliphatic heterocycles. The molecular formula is C23H26N4O3. The first kappa shape index (κ1) is 20.4. The predicted molar refractivity (Wildman–Crippen MR) is 115 cm³/mol. The molecule has 1 atom stereocenters. The van der Waals surface area contributed by atoms with E-state index in [0.717, 1.165) is 34.0 Å². The number of fused-ring (bicyclic) bond motifs is 1. The minimum Gasteiger partial charge on any atom is -0.387 e. The molecule has 0 bridgehead atoms. The molecule has 0 aliphatic carbocycles. The number of amides is 1. The normalized spacial score (nSPS) is 16.1. The number of aromatic nitrogens is 3. The van der Waals surface area contributed by atoms with Crippen molar-refractivity contribution in [2.45, 2.75) is 39.7 Å². The van der Waals surface area contributed by atoms with Gasteiger partial charge in [-0.2, -0.15) is 0 Å². The van der Waals surface area contributed by atoms with Gasteiger partial charge in [0.1, 0.15) is 5.82 Å². The highest BCUT2D eigenvalue weighted by atomic mass is 16.5. The van der Waals surface area contributed by atoms with E-state index in [-0.39, 0.29) is 5.91 Å². The summed E-state index contributed by atoms with van der Waals surface area (Å²) in [6.45, 7) is 6.77. The number of anilines is 1. The average molecular weight is 406 g/mol. The van der Waals surface area contributed by atoms with Gasteiger partial charge in [-0.15, -0.1) is 0 Å². The molecule has 156 valence electrons. The van der Waals surface area contributed by atoms with Crippen molar-refractivity contribution in [3.8, 4) is 11.3 Å². The molecule has 7 heteroatoms. The summed E-state index contributed by atoms with van der Waals surface area (Å²) < 4.78 is 5.15. The Morgan fingerprint density at radius 1 is 1.17 bits per heavy atom. The summed E-state index contributed by atoms with van der Waals surface area (Å²) in [4.78, 5) is 25.8. The molecule has 1 unspecified atom stereocenters. The zero-order valence-corrected chi connectivity index (χ0v) is 17.5. The first-order chi connectivity index (χ1) is 14.4. The molecule has 7 nitrogen and oxygen atoms in total. The van der Waals surface area contributed by atoms with Gasteiger partial charge in [0, 0.05) is 34.9 Å². The molecule has 2 N–H and O–H groups in total. The highest BCUT2D eigenvalue weighted by Gasteiger charge is 2.41. The molecule has 1 fully saturated rings. The number of ether oxygens (including phenoxy) is 1. The van der Waals surface area contributed by atoms with Crippen LogP contribution in [0.2, 0.25) is 0 Å². The van der Waals surface area contributed by atoms with Gasteiger partial charge >= 0.3 is 0 Å². The van der Waals surface area contributed by atoms with E-state index in [1.807, 2.05) is 39.0 Å². The molecular weight excluding hydrogens is 380 g/mol. The van der Waals surface area contributed by atoms with Crippen LogP contribution in [0.1, 0.15) is 44.1 Å². The summed E-state index contributed by atoms with van der Waals surface area (Å²) in [5.74, 6) is 0.416. The number of aliphatic hydroxyl groups is 1. The third kappa shape index (κ3) is 3.91. The van der Waals surface area contributed by atoms with Gasteiger partial charge in [-0.25, -0.2) is 4.98 Å². The van der Waals surface area contributed by atoms with Crippen LogP contribution in [0.15, 0.2) is 36.8 Å². The molecule has 30 heavy (non-hydrogen) atoms. The first-order valence-corrected chi connectivity index (χ1v) is 10.2. The van der Waals surface area contributed by atoms with Crippen LogP contribution >= 0.6 is 0 Å². The topological polar surface area (TPSA) is 97.2 Å². The molecule has 3 aromatic rings. The summed E-state index contributed by atoms with van der Waals surface area (Å²) in [6.07, 6.45) is 6.32. The quantitative estimate of drug-likeness (QED) is 0.646. The van der Waals surface area contributed by atoms with E-state index >= 15 is 0 Å². The smallest absolute Gasteiger partial charge is 0.236 e. The SMILES string of the molecule is CCCC(O)c1cc(C)c(-c2cc3cnc(NC(=O)C4(C)COC4)cc3cn2)cn1. The highest BCUT2D eigenvalue weighted by molar-refractivity contribution is 5.97. The Morgan fingerprint density at radius 3 is 2.57 bits per heavy atom. The zero-order chi connectivity index (χ0) is 21.3. The van der Waals surface area contributed by atoms with Gasteiger partial charge in [0.15, 0.2) is 0 Å². The fraction of sp³-hybridized carbons (Fsp3) is 0.391. The lowest BCUT2D eigenvalue weighted by Crippen LogP contribution is -2.49. The fourth-order valence-electron chi connectivity index (χ4n) is 3.51. The average Bonchev–Trinajstić information content (AvgIpc) is 2.71. The lowest BCUT2D eigenvalue weighted by Gasteiger charge is -2.36. The van der Waals surface area contributed by atoms with E-state index in [4.69, 9.17) is 4.74 Å². The van der Waals surface area contributed by atoms with Crippen LogP contribution in [0.25, 0.3) is 22.0 Å². The van der Waals surface area contributed by atoms with Crippen LogP contribution in [0.3, 0.4) is 0 Å². The van der Waals surface area contributed by atoms with Crippen molar-refractivity contribution >= 4 is 22.5 Å². The number of nitrogens with one attached hydrogen (secondary N) is 1. The Morgan fingerprint density at radius 2 is 1.90 bits per heavy atom. The Hall–Kier alpha value is -2.90. The molecule has 1 saturated heterocycles. The van der Waals surface area contributed by atoms with Crippen LogP contribution in [0.5, 0.6) is 0 Å². The largest absolute Gasteiger partial charge is 0.387 e. The number of nitrogens with zero attached hydrogens (tertiary/aromatic N) is 3. The third-order valence-corrected chi connectivity index (χ3v) is 5.55. The lowest BCUT2D eigenvalue weighted by atomic mass is 9.87. The molecule has 0 saturated carbocycles. The number of hydrogen-bond donors (Lipinski definition) is 2. The summed E-state index contributed by atoms with van der Waals surface area (Å²) in [5.41, 5.74) is 2.92. The van der Waals surface area contributed by atoms with Gasteiger partial charge in [-0.3, -0.25) is 14.8 Å². The Balaban J connectivity index is 1.57. The van der Waals surface area contributed by atoms with Crippen LogP contribution in [0.4, 0.5) is 5.82 Å². The molecule has 4 heterocycles. The Bertz CT molecular complexity index is 1090. The molecule has 1 amide bonds. The minimum atomic E-state index is -0.543. The van der Waals surface area contributed by atoms with Gasteiger partial charge in [-0.1, -0.05) is 13.3 Å². The second kappa shape index (κ2) is 8.08. The van der Waals surface area contributed by atoms with Gasteiger partial charge in [0.05, 0.1) is 36.1 Å². The van der Waals surface area contributed by atoms with Gasteiger partial charge < -0.3 is 15.2 Å². The van der Waals surface area contributed by atoms with Crippen molar-refractivity contribution in [2.75, 3.05) is 18.5 Å². The van der Waals surface area contributed by atoms with Gasteiger partial charge in [-0.05, 0) is 44.0 Å². The summed E-state index contributed by atoms with van der Waals surface area (Å²) in [7, 11) is 0. The highest BCUT2D eigenvalue weighted by Crippen LogP contribution is 2.29. The number of carbonyl (C=O) groups excluding carboxylic acids is 1. The molecule has 0 aromatic carbocycles. The minimum absolute atomic E-state index is 0.0859. The van der Waals surface area contributed by atoms with E-state index in [1.54, 1.807) is 18.6 Å². The van der Waals surface area contributed by atoms with Crippen molar-refractivity contribution in [3.05, 3.63) is 48.0 Å². The monoisotopic (exact) mass is 406 g/mol. The summed E-state index contributed by atoms with van der Waals surface area (Å²) in [5, 5.41) is 14.9. The molecule has 3 aromatic heterocycles. The second-order valence-corrected chi connectivity index (χ2v) is 8.22. The van der Waals surface area contributed by atoms with Crippen LogP contribution in [-0.2, 0) is 9.53 Å². The number of hydrogen-bond acceptors (Lipinski definition) is 6. The van der Waals surface area contributed by atoms with Crippen molar-refractivity contribution in [1.82, 2.24) is 15.0 Å². The molecule has 1 aliphatic rings. The zero-order valence-electron chi connectivity index (χ0n) is 17.5.